The zero-order valence-electron chi connectivity index (χ0n) is 8.52. The van der Waals surface area contributed by atoms with Crippen molar-refractivity contribution in [2.75, 3.05) is 5.32 Å². The van der Waals surface area contributed by atoms with Crippen molar-refractivity contribution in [2.45, 2.75) is 0 Å². The van der Waals surface area contributed by atoms with Crippen molar-refractivity contribution in [3.05, 3.63) is 53.3 Å². The third-order valence-electron chi connectivity index (χ3n) is 1.96. The molecule has 0 aliphatic carbocycles. The van der Waals surface area contributed by atoms with E-state index in [4.69, 9.17) is 11.6 Å². The van der Waals surface area contributed by atoms with E-state index in [1.54, 1.807) is 0 Å². The summed E-state index contributed by atoms with van der Waals surface area (Å²) in [4.78, 5) is 19.0. The molecule has 2 aromatic rings. The first kappa shape index (κ1) is 11.5. The Balaban J connectivity index is 2.20. The first-order valence-corrected chi connectivity index (χ1v) is 5.08. The molecule has 0 unspecified atom stereocenters. The number of nitrogens with one attached hydrogen (secondary N) is 1. The lowest BCUT2D eigenvalue weighted by atomic mass is 10.3. The Bertz CT molecular complexity index is 562. The summed E-state index contributed by atoms with van der Waals surface area (Å²) in [5.74, 6) is -1.26. The Morgan fingerprint density at radius 2 is 2.18 bits per heavy atom. The third-order valence-corrected chi connectivity index (χ3v) is 2.29. The van der Waals surface area contributed by atoms with Crippen molar-refractivity contribution in [1.29, 1.82) is 0 Å². The van der Waals surface area contributed by atoms with Crippen LogP contribution in [0.15, 0.2) is 36.7 Å². The minimum absolute atomic E-state index is 0.0232. The smallest absolute Gasteiger partial charge is 0.274 e. The van der Waals surface area contributed by atoms with Crippen LogP contribution >= 0.6 is 11.6 Å². The molecule has 2 heterocycles. The minimum Gasteiger partial charge on any atom is -0.318 e. The van der Waals surface area contributed by atoms with E-state index in [0.29, 0.717) is 10.7 Å². The Kier molecular flexibility index (Phi) is 3.30. The molecule has 0 aliphatic heterocycles. The second kappa shape index (κ2) is 4.88. The maximum atomic E-state index is 12.8. The highest BCUT2D eigenvalue weighted by Crippen LogP contribution is 2.19. The van der Waals surface area contributed by atoms with Crippen molar-refractivity contribution in [3.8, 4) is 0 Å². The van der Waals surface area contributed by atoms with Crippen molar-refractivity contribution >= 4 is 23.2 Å². The zero-order valence-corrected chi connectivity index (χ0v) is 9.28. The molecule has 0 aromatic carbocycles. The van der Waals surface area contributed by atoms with E-state index in [-0.39, 0.29) is 5.69 Å². The number of rotatable bonds is 2. The molecule has 6 heteroatoms. The third kappa shape index (κ3) is 2.76. The highest BCUT2D eigenvalue weighted by Gasteiger charge is 2.10. The fraction of sp³-hybridized carbons (Fsp3) is 0. The molecular weight excluding hydrogens is 245 g/mol. The number of halogens is 2. The van der Waals surface area contributed by atoms with Gasteiger partial charge in [0.15, 0.2) is 0 Å². The summed E-state index contributed by atoms with van der Waals surface area (Å²) in [7, 11) is 0. The largest absolute Gasteiger partial charge is 0.318 e. The van der Waals surface area contributed by atoms with Gasteiger partial charge in [0.25, 0.3) is 5.91 Å². The number of carbonyl (C=O) groups excluding carboxylic acids is 1. The van der Waals surface area contributed by atoms with Gasteiger partial charge in [-0.3, -0.25) is 9.78 Å². The van der Waals surface area contributed by atoms with Crippen molar-refractivity contribution in [2.24, 2.45) is 0 Å². The summed E-state index contributed by atoms with van der Waals surface area (Å²) in [6.07, 6.45) is 2.90. The molecule has 0 saturated heterocycles. The van der Waals surface area contributed by atoms with Gasteiger partial charge in [0.05, 0.1) is 16.9 Å². The first-order chi connectivity index (χ1) is 8.16. The molecule has 1 amide bonds. The van der Waals surface area contributed by atoms with E-state index < -0.39 is 11.9 Å². The monoisotopic (exact) mass is 251 g/mol. The molecule has 1 N–H and O–H groups in total. The van der Waals surface area contributed by atoms with Crippen LogP contribution in [0, 0.1) is 5.95 Å². The quantitative estimate of drug-likeness (QED) is 0.835. The van der Waals surface area contributed by atoms with Gasteiger partial charge in [-0.25, -0.2) is 4.98 Å². The standard InChI is InChI=1S/C11H7ClFN3O/c12-7-4-5-14-6-9(7)16-11(17)8-2-1-3-10(13)15-8/h1-6H,(H,16,17). The van der Waals surface area contributed by atoms with Crippen LogP contribution in [0.5, 0.6) is 0 Å². The molecule has 0 radical (unpaired) electrons. The molecule has 17 heavy (non-hydrogen) atoms. The van der Waals surface area contributed by atoms with Crippen LogP contribution in [-0.2, 0) is 0 Å². The highest BCUT2D eigenvalue weighted by molar-refractivity contribution is 6.33. The van der Waals surface area contributed by atoms with Gasteiger partial charge in [0.2, 0.25) is 5.95 Å². The van der Waals surface area contributed by atoms with Crippen LogP contribution in [0.3, 0.4) is 0 Å². The summed E-state index contributed by atoms with van der Waals surface area (Å²) in [6.45, 7) is 0. The lowest BCUT2D eigenvalue weighted by molar-refractivity contribution is 0.102. The molecule has 0 bridgehead atoms. The number of anilines is 1. The molecule has 0 saturated carbocycles. The van der Waals surface area contributed by atoms with Crippen LogP contribution < -0.4 is 5.32 Å². The fourth-order valence-corrected chi connectivity index (χ4v) is 1.34. The van der Waals surface area contributed by atoms with Crippen LogP contribution in [-0.4, -0.2) is 15.9 Å². The van der Waals surface area contributed by atoms with E-state index in [0.717, 1.165) is 6.07 Å². The lowest BCUT2D eigenvalue weighted by Gasteiger charge is -2.05. The maximum Gasteiger partial charge on any atom is 0.274 e. The van der Waals surface area contributed by atoms with Crippen molar-refractivity contribution in [1.82, 2.24) is 9.97 Å². The van der Waals surface area contributed by atoms with Crippen molar-refractivity contribution < 1.29 is 9.18 Å². The maximum absolute atomic E-state index is 12.8. The summed E-state index contributed by atoms with van der Waals surface area (Å²) >= 11 is 5.84. The second-order valence-electron chi connectivity index (χ2n) is 3.16. The highest BCUT2D eigenvalue weighted by atomic mass is 35.5. The molecule has 2 aromatic heterocycles. The Hall–Kier alpha value is -2.01. The second-order valence-corrected chi connectivity index (χ2v) is 3.56. The molecule has 0 spiro atoms. The molecule has 2 rings (SSSR count). The van der Waals surface area contributed by atoms with Gasteiger partial charge in [-0.05, 0) is 18.2 Å². The van der Waals surface area contributed by atoms with Crippen LogP contribution in [0.25, 0.3) is 0 Å². The molecule has 0 aliphatic rings. The van der Waals surface area contributed by atoms with Gasteiger partial charge in [0.1, 0.15) is 5.69 Å². The summed E-state index contributed by atoms with van der Waals surface area (Å²) in [5.41, 5.74) is 0.329. The SMILES string of the molecule is O=C(Nc1cnccc1Cl)c1cccc(F)n1. The van der Waals surface area contributed by atoms with Gasteiger partial charge < -0.3 is 5.32 Å². The van der Waals surface area contributed by atoms with Gasteiger partial charge in [-0.2, -0.15) is 4.39 Å². The molecule has 4 nitrogen and oxygen atoms in total. The number of amides is 1. The molecular formula is C11H7ClFN3O. The van der Waals surface area contributed by atoms with E-state index >= 15 is 0 Å². The van der Waals surface area contributed by atoms with E-state index in [9.17, 15) is 9.18 Å². The number of hydrogen-bond donors (Lipinski definition) is 1. The van der Waals surface area contributed by atoms with Gasteiger partial charge in [0, 0.05) is 6.20 Å². The topological polar surface area (TPSA) is 54.9 Å². The normalized spacial score (nSPS) is 10.0. The number of hydrogen-bond acceptors (Lipinski definition) is 3. The molecule has 0 fully saturated rings. The predicted octanol–water partition coefficient (Wildman–Crippen LogP) is 2.52. The van der Waals surface area contributed by atoms with E-state index in [1.807, 2.05) is 0 Å². The summed E-state index contributed by atoms with van der Waals surface area (Å²) < 4.78 is 12.8. The average molecular weight is 252 g/mol. The van der Waals surface area contributed by atoms with Gasteiger partial charge in [-0.1, -0.05) is 17.7 Å². The fourth-order valence-electron chi connectivity index (χ4n) is 1.19. The van der Waals surface area contributed by atoms with Gasteiger partial charge >= 0.3 is 0 Å². The Labute approximate surface area is 101 Å². The molecule has 86 valence electrons. The Morgan fingerprint density at radius 1 is 1.35 bits per heavy atom. The summed E-state index contributed by atoms with van der Waals surface area (Å²) in [5, 5.41) is 2.84. The number of aromatic nitrogens is 2. The predicted molar refractivity (Wildman–Crippen MR) is 61.4 cm³/mol. The summed E-state index contributed by atoms with van der Waals surface area (Å²) in [6, 6.07) is 5.51. The van der Waals surface area contributed by atoms with E-state index in [2.05, 4.69) is 15.3 Å². The molecule has 0 atom stereocenters. The number of pyridine rings is 2. The van der Waals surface area contributed by atoms with E-state index in [1.165, 1.54) is 30.6 Å². The average Bonchev–Trinajstić information content (AvgIpc) is 2.32. The number of carbonyl (C=O) groups is 1. The van der Waals surface area contributed by atoms with Crippen LogP contribution in [0.2, 0.25) is 5.02 Å². The van der Waals surface area contributed by atoms with Crippen molar-refractivity contribution in [3.63, 3.8) is 0 Å². The first-order valence-electron chi connectivity index (χ1n) is 4.70. The van der Waals surface area contributed by atoms with Gasteiger partial charge in [-0.15, -0.1) is 0 Å². The zero-order chi connectivity index (χ0) is 12.3. The minimum atomic E-state index is -0.713. The lowest BCUT2D eigenvalue weighted by Crippen LogP contribution is -2.14. The van der Waals surface area contributed by atoms with Crippen LogP contribution in [0.1, 0.15) is 10.5 Å². The number of nitrogens with zero attached hydrogens (tertiary/aromatic N) is 2. The Morgan fingerprint density at radius 3 is 2.88 bits per heavy atom. The van der Waals surface area contributed by atoms with Crippen LogP contribution in [0.4, 0.5) is 10.1 Å².